The average molecular weight is 316 g/mol. The topological polar surface area (TPSA) is 74.7 Å². The van der Waals surface area contributed by atoms with Crippen LogP contribution in [0.1, 0.15) is 28.3 Å². The van der Waals surface area contributed by atoms with Gasteiger partial charge in [-0.05, 0) is 23.3 Å². The van der Waals surface area contributed by atoms with Crippen molar-refractivity contribution < 1.29 is 5.11 Å². The van der Waals surface area contributed by atoms with E-state index in [0.717, 1.165) is 33.3 Å². The molecule has 0 spiro atoms. The highest BCUT2D eigenvalue weighted by Crippen LogP contribution is 2.35. The van der Waals surface area contributed by atoms with Crippen molar-refractivity contribution >= 4 is 10.9 Å². The number of hydrogen-bond acceptors (Lipinski definition) is 4. The van der Waals surface area contributed by atoms with E-state index >= 15 is 0 Å². The molecular formula is C19H16N4O. The molecule has 1 atom stereocenters. The number of benzene rings is 1. The van der Waals surface area contributed by atoms with Crippen LogP contribution in [0.4, 0.5) is 0 Å². The smallest absolute Gasteiger partial charge is 0.0922 e. The third-order valence-corrected chi connectivity index (χ3v) is 4.22. The lowest BCUT2D eigenvalue weighted by Crippen LogP contribution is -2.06. The van der Waals surface area contributed by atoms with Gasteiger partial charge in [-0.1, -0.05) is 24.3 Å². The highest BCUT2D eigenvalue weighted by molar-refractivity contribution is 5.86. The molecule has 1 aromatic carbocycles. The second-order valence-corrected chi connectivity index (χ2v) is 5.60. The summed E-state index contributed by atoms with van der Waals surface area (Å²) in [4.78, 5) is 16.1. The average Bonchev–Trinajstić information content (AvgIpc) is 3.17. The maximum Gasteiger partial charge on any atom is 0.0922 e. The van der Waals surface area contributed by atoms with E-state index in [9.17, 15) is 5.11 Å². The number of H-pyrrole nitrogens is 1. The van der Waals surface area contributed by atoms with Gasteiger partial charge in [-0.25, -0.2) is 4.98 Å². The summed E-state index contributed by atoms with van der Waals surface area (Å²) in [5.41, 5.74) is 4.82. The van der Waals surface area contributed by atoms with Gasteiger partial charge in [0.15, 0.2) is 0 Å². The van der Waals surface area contributed by atoms with Crippen LogP contribution in [0.15, 0.2) is 67.5 Å². The summed E-state index contributed by atoms with van der Waals surface area (Å²) < 4.78 is 0. The zero-order chi connectivity index (χ0) is 16.4. The molecule has 0 aliphatic carbocycles. The second kappa shape index (κ2) is 6.22. The molecule has 0 bridgehead atoms. The molecule has 0 amide bonds. The van der Waals surface area contributed by atoms with Gasteiger partial charge in [0.25, 0.3) is 0 Å². The molecule has 0 saturated carbocycles. The summed E-state index contributed by atoms with van der Waals surface area (Å²) in [5.74, 6) is -0.0272. The third kappa shape index (κ3) is 2.45. The van der Waals surface area contributed by atoms with Gasteiger partial charge in [-0.15, -0.1) is 0 Å². The predicted molar refractivity (Wildman–Crippen MR) is 91.4 cm³/mol. The minimum absolute atomic E-state index is 0.0272. The summed E-state index contributed by atoms with van der Waals surface area (Å²) in [6.07, 6.45) is 8.90. The monoisotopic (exact) mass is 316 g/mol. The van der Waals surface area contributed by atoms with Crippen LogP contribution < -0.4 is 0 Å². The number of hydrogen-bond donors (Lipinski definition) is 2. The van der Waals surface area contributed by atoms with Crippen LogP contribution in [-0.4, -0.2) is 25.0 Å². The van der Waals surface area contributed by atoms with Crippen LogP contribution in [0, 0.1) is 0 Å². The lowest BCUT2D eigenvalue weighted by Gasteiger charge is -2.19. The van der Waals surface area contributed by atoms with E-state index in [0.29, 0.717) is 0 Å². The summed E-state index contributed by atoms with van der Waals surface area (Å²) in [6.45, 7) is -0.0323. The number of aromatic amines is 1. The molecule has 4 rings (SSSR count). The standard InChI is InChI=1S/C19H16N4O/c24-11-14-5-6-15(16-4-2-8-22-19(14)16)18(17-10-21-12-23-17)13-3-1-7-20-9-13/h1-10,12,18,24H,11H2,(H,21,23). The minimum atomic E-state index is -0.0323. The molecule has 0 saturated heterocycles. The Hall–Kier alpha value is -3.05. The maximum absolute atomic E-state index is 9.60. The first-order valence-corrected chi connectivity index (χ1v) is 7.74. The van der Waals surface area contributed by atoms with Gasteiger partial charge in [-0.2, -0.15) is 0 Å². The van der Waals surface area contributed by atoms with E-state index in [-0.39, 0.29) is 12.5 Å². The lowest BCUT2D eigenvalue weighted by molar-refractivity contribution is 0.283. The zero-order valence-corrected chi connectivity index (χ0v) is 12.9. The lowest BCUT2D eigenvalue weighted by atomic mass is 9.86. The molecule has 0 radical (unpaired) electrons. The molecule has 5 nitrogen and oxygen atoms in total. The van der Waals surface area contributed by atoms with Gasteiger partial charge in [0.1, 0.15) is 0 Å². The predicted octanol–water partition coefficient (Wildman–Crippen LogP) is 3.03. The van der Waals surface area contributed by atoms with E-state index in [1.54, 1.807) is 18.7 Å². The number of aromatic nitrogens is 4. The van der Waals surface area contributed by atoms with Gasteiger partial charge < -0.3 is 10.1 Å². The van der Waals surface area contributed by atoms with E-state index < -0.39 is 0 Å². The van der Waals surface area contributed by atoms with Gasteiger partial charge in [-0.3, -0.25) is 9.97 Å². The summed E-state index contributed by atoms with van der Waals surface area (Å²) in [7, 11) is 0. The fourth-order valence-corrected chi connectivity index (χ4v) is 3.13. The van der Waals surface area contributed by atoms with Gasteiger partial charge in [0.05, 0.1) is 24.4 Å². The number of aliphatic hydroxyl groups is 1. The van der Waals surface area contributed by atoms with Crippen molar-refractivity contribution in [1.29, 1.82) is 0 Å². The fraction of sp³-hybridized carbons (Fsp3) is 0.105. The first-order valence-electron chi connectivity index (χ1n) is 7.74. The van der Waals surface area contributed by atoms with E-state index in [1.807, 2.05) is 42.7 Å². The van der Waals surface area contributed by atoms with Crippen molar-refractivity contribution in [2.24, 2.45) is 0 Å². The number of aliphatic hydroxyl groups excluding tert-OH is 1. The van der Waals surface area contributed by atoms with Crippen LogP contribution in [0.5, 0.6) is 0 Å². The van der Waals surface area contributed by atoms with Crippen molar-refractivity contribution in [3.63, 3.8) is 0 Å². The van der Waals surface area contributed by atoms with Crippen molar-refractivity contribution in [1.82, 2.24) is 19.9 Å². The van der Waals surface area contributed by atoms with Crippen LogP contribution >= 0.6 is 0 Å². The van der Waals surface area contributed by atoms with E-state index in [1.165, 1.54) is 0 Å². The molecular weight excluding hydrogens is 300 g/mol. The van der Waals surface area contributed by atoms with Crippen molar-refractivity contribution in [2.75, 3.05) is 0 Å². The fourth-order valence-electron chi connectivity index (χ4n) is 3.13. The third-order valence-electron chi connectivity index (χ3n) is 4.22. The quantitative estimate of drug-likeness (QED) is 0.607. The molecule has 118 valence electrons. The molecule has 0 fully saturated rings. The Balaban J connectivity index is 1.99. The Kier molecular flexibility index (Phi) is 3.76. The summed E-state index contributed by atoms with van der Waals surface area (Å²) in [5, 5.41) is 10.6. The highest BCUT2D eigenvalue weighted by atomic mass is 16.3. The Morgan fingerprint density at radius 1 is 1.00 bits per heavy atom. The second-order valence-electron chi connectivity index (χ2n) is 5.60. The van der Waals surface area contributed by atoms with Crippen LogP contribution in [0.2, 0.25) is 0 Å². The molecule has 1 unspecified atom stereocenters. The normalized spacial score (nSPS) is 12.4. The van der Waals surface area contributed by atoms with Crippen molar-refractivity contribution in [3.05, 3.63) is 89.9 Å². The molecule has 0 aliphatic rings. The van der Waals surface area contributed by atoms with E-state index in [4.69, 9.17) is 0 Å². The maximum atomic E-state index is 9.60. The van der Waals surface area contributed by atoms with Gasteiger partial charge in [0, 0.05) is 41.4 Å². The molecule has 5 heteroatoms. The van der Waals surface area contributed by atoms with Crippen molar-refractivity contribution in [3.8, 4) is 0 Å². The van der Waals surface area contributed by atoms with Gasteiger partial charge >= 0.3 is 0 Å². The Labute approximate surface area is 139 Å². The first kappa shape index (κ1) is 14.5. The molecule has 0 aliphatic heterocycles. The van der Waals surface area contributed by atoms with Crippen molar-refractivity contribution in [2.45, 2.75) is 12.5 Å². The highest BCUT2D eigenvalue weighted by Gasteiger charge is 2.21. The van der Waals surface area contributed by atoms with E-state index in [2.05, 4.69) is 26.0 Å². The minimum Gasteiger partial charge on any atom is -0.392 e. The number of rotatable bonds is 4. The Morgan fingerprint density at radius 3 is 2.67 bits per heavy atom. The largest absolute Gasteiger partial charge is 0.392 e. The number of nitrogens with zero attached hydrogens (tertiary/aromatic N) is 3. The number of pyridine rings is 2. The van der Waals surface area contributed by atoms with Crippen LogP contribution in [0.25, 0.3) is 10.9 Å². The number of nitrogens with one attached hydrogen (secondary N) is 1. The molecule has 3 aromatic heterocycles. The SMILES string of the molecule is OCc1ccc(C(c2cccnc2)c2cnc[nH]2)c2cccnc12. The number of imidazole rings is 1. The van der Waals surface area contributed by atoms with Gasteiger partial charge in [0.2, 0.25) is 0 Å². The van der Waals surface area contributed by atoms with Crippen LogP contribution in [0.3, 0.4) is 0 Å². The zero-order valence-electron chi connectivity index (χ0n) is 12.9. The number of fused-ring (bicyclic) bond motifs is 1. The molecule has 4 aromatic rings. The molecule has 2 N–H and O–H groups in total. The molecule has 3 heterocycles. The van der Waals surface area contributed by atoms with Crippen LogP contribution in [-0.2, 0) is 6.61 Å². The Bertz CT molecular complexity index is 952. The molecule has 24 heavy (non-hydrogen) atoms. The first-order chi connectivity index (χ1) is 11.9. The Morgan fingerprint density at radius 2 is 1.92 bits per heavy atom. The summed E-state index contributed by atoms with van der Waals surface area (Å²) >= 11 is 0. The summed E-state index contributed by atoms with van der Waals surface area (Å²) in [6, 6.07) is 11.9.